The molecule has 0 aliphatic carbocycles. The fourth-order valence-corrected chi connectivity index (χ4v) is 17.1. The smallest absolute Gasteiger partial charge is 0.282 e. The summed E-state index contributed by atoms with van der Waals surface area (Å²) in [6.45, 7) is 1.48. The molecule has 1 aliphatic rings. The van der Waals surface area contributed by atoms with Gasteiger partial charge in [0, 0.05) is 51.9 Å². The number of hydrogen-bond donors (Lipinski definition) is 2. The molecule has 0 aromatic rings. The minimum Gasteiger partial charge on any atom is -0.394 e. The zero-order valence-electron chi connectivity index (χ0n) is 26.1. The summed E-state index contributed by atoms with van der Waals surface area (Å²) in [6, 6.07) is 8.67. The summed E-state index contributed by atoms with van der Waals surface area (Å²) in [5.41, 5.74) is 0. The van der Waals surface area contributed by atoms with Gasteiger partial charge in [0.1, 0.15) is 0 Å². The molecule has 2 atom stereocenters. The van der Waals surface area contributed by atoms with Crippen LogP contribution in [0.3, 0.4) is 0 Å². The van der Waals surface area contributed by atoms with Crippen molar-refractivity contribution in [3.63, 3.8) is 0 Å². The molecule has 1 heterocycles. The van der Waals surface area contributed by atoms with Gasteiger partial charge in [-0.25, -0.2) is 18.7 Å². The molecule has 0 fully saturated rings. The van der Waals surface area contributed by atoms with Crippen LogP contribution in [-0.2, 0) is 18.5 Å². The van der Waals surface area contributed by atoms with Gasteiger partial charge in [-0.1, -0.05) is 0 Å². The number of aliphatic hydroxyl groups is 2. The van der Waals surface area contributed by atoms with Crippen molar-refractivity contribution in [3.8, 4) is 24.3 Å². The Hall–Kier alpha value is -1.75. The first-order valence-electron chi connectivity index (χ1n) is 14.1. The SMILES string of the molecule is CN(CCC#N)P1(OCCOCCO)=NP(OCCOCCO)(N(C)CCC#N)=NP(N(C)CCC#N)(N(C)CCC#N)=N1. The van der Waals surface area contributed by atoms with Crippen molar-refractivity contribution in [1.29, 1.82) is 21.0 Å². The maximum Gasteiger partial charge on any atom is 0.282 e. The Morgan fingerprint density at radius 1 is 0.523 bits per heavy atom. The maximum absolute atomic E-state index is 9.45. The van der Waals surface area contributed by atoms with Gasteiger partial charge < -0.3 is 28.7 Å². The Labute approximate surface area is 261 Å². The van der Waals surface area contributed by atoms with E-state index in [1.54, 1.807) is 23.4 Å². The fraction of sp³-hybridized carbons (Fsp3) is 0.833. The lowest BCUT2D eigenvalue weighted by Crippen LogP contribution is -2.31. The highest BCUT2D eigenvalue weighted by Gasteiger charge is 2.46. The first-order valence-corrected chi connectivity index (χ1v) is 18.8. The predicted molar refractivity (Wildman–Crippen MR) is 167 cm³/mol. The average Bonchev–Trinajstić information content (AvgIpc) is 3.03. The van der Waals surface area contributed by atoms with E-state index in [4.69, 9.17) is 42.3 Å². The normalized spacial score (nSPS) is 20.8. The van der Waals surface area contributed by atoms with E-state index in [1.807, 2.05) is 23.4 Å². The highest BCUT2D eigenvalue weighted by atomic mass is 31.3. The van der Waals surface area contributed by atoms with Crippen molar-refractivity contribution < 1.29 is 28.7 Å². The molecule has 0 radical (unpaired) electrons. The van der Waals surface area contributed by atoms with E-state index in [0.29, 0.717) is 13.1 Å². The van der Waals surface area contributed by atoms with Crippen LogP contribution in [0.5, 0.6) is 0 Å². The summed E-state index contributed by atoms with van der Waals surface area (Å²) in [7, 11) is -2.86. The van der Waals surface area contributed by atoms with Crippen LogP contribution in [0.1, 0.15) is 25.7 Å². The molecule has 0 saturated heterocycles. The van der Waals surface area contributed by atoms with Gasteiger partial charge in [0.15, 0.2) is 0 Å². The molecule has 0 amide bonds. The van der Waals surface area contributed by atoms with Gasteiger partial charge in [-0.15, -0.1) is 0 Å². The standard InChI is InChI=1S/C24H46N11O6P3/c1-32(13-5-9-25)42(33(2)14-6-10-26)29-43(34(3)15-7-11-27,40-23-21-38-19-17-36)31-44(30-42,35(4)16-8-12-28)41-24-22-39-20-18-37/h36-37H,5-8,13-24H2,1-4H3. The molecule has 1 aliphatic heterocycles. The highest BCUT2D eigenvalue weighted by Crippen LogP contribution is 2.81. The Balaban J connectivity index is 4.17. The molecule has 2 unspecified atom stereocenters. The van der Waals surface area contributed by atoms with Crippen LogP contribution < -0.4 is 0 Å². The van der Waals surface area contributed by atoms with Crippen molar-refractivity contribution in [2.24, 2.45) is 13.5 Å². The second-order valence-corrected chi connectivity index (χ2v) is 17.8. The van der Waals surface area contributed by atoms with E-state index in [-0.39, 0.29) is 91.6 Å². The zero-order valence-corrected chi connectivity index (χ0v) is 28.8. The maximum atomic E-state index is 9.45. The molecule has 44 heavy (non-hydrogen) atoms. The van der Waals surface area contributed by atoms with Crippen LogP contribution in [0.2, 0.25) is 0 Å². The highest BCUT2D eigenvalue weighted by molar-refractivity contribution is 7.81. The summed E-state index contributed by atoms with van der Waals surface area (Å²) >= 11 is 0. The van der Waals surface area contributed by atoms with E-state index in [9.17, 15) is 21.0 Å². The lowest BCUT2D eigenvalue weighted by Gasteiger charge is -2.45. The minimum absolute atomic E-state index is 0.0585. The van der Waals surface area contributed by atoms with Gasteiger partial charge in [0.05, 0.1) is 77.1 Å². The second-order valence-electron chi connectivity index (χ2n) is 9.33. The van der Waals surface area contributed by atoms with Gasteiger partial charge in [-0.3, -0.25) is 0 Å². The monoisotopic (exact) mass is 677 g/mol. The lowest BCUT2D eigenvalue weighted by molar-refractivity contribution is 0.0701. The lowest BCUT2D eigenvalue weighted by atomic mass is 10.5. The van der Waals surface area contributed by atoms with Crippen LogP contribution in [0.15, 0.2) is 13.5 Å². The molecule has 17 nitrogen and oxygen atoms in total. The minimum atomic E-state index is -3.41. The van der Waals surface area contributed by atoms with E-state index in [1.165, 1.54) is 0 Å². The summed E-state index contributed by atoms with van der Waals surface area (Å²) in [4.78, 5) is 0. The topological polar surface area (TPSA) is 223 Å². The largest absolute Gasteiger partial charge is 0.394 e. The first kappa shape index (κ1) is 40.3. The van der Waals surface area contributed by atoms with Gasteiger partial charge in [-0.05, 0) is 28.2 Å². The summed E-state index contributed by atoms with van der Waals surface area (Å²) < 4.78 is 47.4. The van der Waals surface area contributed by atoms with Gasteiger partial charge in [0.2, 0.25) is 7.51 Å². The second kappa shape index (κ2) is 21.9. The van der Waals surface area contributed by atoms with E-state index in [0.717, 1.165) is 0 Å². The predicted octanol–water partition coefficient (Wildman–Crippen LogP) is 3.27. The molecule has 0 aromatic carbocycles. The number of aliphatic hydroxyl groups excluding tert-OH is 2. The van der Waals surface area contributed by atoms with Crippen molar-refractivity contribution in [2.45, 2.75) is 25.7 Å². The fourth-order valence-electron chi connectivity index (χ4n) is 3.77. The number of hydrogen-bond acceptors (Lipinski definition) is 17. The zero-order chi connectivity index (χ0) is 32.9. The third kappa shape index (κ3) is 11.9. The Morgan fingerprint density at radius 3 is 1.25 bits per heavy atom. The molecule has 20 heteroatoms. The Kier molecular flexibility index (Phi) is 20.0. The molecule has 248 valence electrons. The Bertz CT molecular complexity index is 1140. The van der Waals surface area contributed by atoms with Crippen molar-refractivity contribution in [2.75, 3.05) is 107 Å². The number of nitriles is 4. The quantitative estimate of drug-likeness (QED) is 0.111. The average molecular weight is 678 g/mol. The van der Waals surface area contributed by atoms with E-state index < -0.39 is 22.7 Å². The van der Waals surface area contributed by atoms with Gasteiger partial charge in [-0.2, -0.15) is 34.6 Å². The van der Waals surface area contributed by atoms with Crippen LogP contribution in [-0.4, -0.2) is 136 Å². The summed E-state index contributed by atoms with van der Waals surface area (Å²) in [5.74, 6) is 0. The van der Waals surface area contributed by atoms with Crippen LogP contribution >= 0.6 is 22.7 Å². The van der Waals surface area contributed by atoms with Crippen LogP contribution in [0.4, 0.5) is 0 Å². The van der Waals surface area contributed by atoms with Crippen molar-refractivity contribution in [3.05, 3.63) is 0 Å². The molecular weight excluding hydrogens is 631 g/mol. The number of nitrogens with zero attached hydrogens (tertiary/aromatic N) is 11. The molecule has 0 aromatic heterocycles. The number of rotatable bonds is 24. The molecule has 0 spiro atoms. The van der Waals surface area contributed by atoms with E-state index in [2.05, 4.69) is 24.3 Å². The number of ether oxygens (including phenoxy) is 2. The third-order valence-electron chi connectivity index (χ3n) is 6.16. The van der Waals surface area contributed by atoms with Crippen molar-refractivity contribution in [1.82, 2.24) is 18.7 Å². The molecule has 2 N–H and O–H groups in total. The summed E-state index contributed by atoms with van der Waals surface area (Å²) in [5, 5.41) is 56.1. The van der Waals surface area contributed by atoms with Crippen LogP contribution in [0, 0.1) is 45.3 Å². The Morgan fingerprint density at radius 2 is 0.886 bits per heavy atom. The molecule has 0 saturated carbocycles. The van der Waals surface area contributed by atoms with Gasteiger partial charge in [0.25, 0.3) is 15.2 Å². The first-order chi connectivity index (χ1) is 21.2. The summed E-state index contributed by atoms with van der Waals surface area (Å²) in [6.07, 6.45) is 0.695. The molecule has 0 bridgehead atoms. The van der Waals surface area contributed by atoms with Gasteiger partial charge >= 0.3 is 0 Å². The molecular formula is C24H46N11O6P3. The van der Waals surface area contributed by atoms with Crippen molar-refractivity contribution >= 4 is 22.7 Å². The van der Waals surface area contributed by atoms with E-state index >= 15 is 0 Å². The van der Waals surface area contributed by atoms with Crippen LogP contribution in [0.25, 0.3) is 0 Å². The third-order valence-corrected chi connectivity index (χ3v) is 17.3. The molecule has 1 rings (SSSR count).